The van der Waals surface area contributed by atoms with Crippen molar-refractivity contribution < 1.29 is 9.47 Å². The molecule has 0 aliphatic rings. The SMILES string of the molecule is COCCCN(CCOC)C(=Nc1ccccc1)NN. The molecule has 0 bridgehead atoms. The van der Waals surface area contributed by atoms with Crippen molar-refractivity contribution in [2.75, 3.05) is 40.5 Å². The third-order valence-corrected chi connectivity index (χ3v) is 2.76. The van der Waals surface area contributed by atoms with Gasteiger partial charge in [-0.15, -0.1) is 0 Å². The molecule has 20 heavy (non-hydrogen) atoms. The molecule has 0 saturated carbocycles. The molecule has 3 N–H and O–H groups in total. The fraction of sp³-hybridized carbons (Fsp3) is 0.500. The van der Waals surface area contributed by atoms with Gasteiger partial charge in [0.05, 0.1) is 12.3 Å². The minimum absolute atomic E-state index is 0.614. The number of rotatable bonds is 8. The van der Waals surface area contributed by atoms with Crippen LogP contribution in [0.2, 0.25) is 0 Å². The number of nitrogens with two attached hydrogens (primary N) is 1. The number of guanidine groups is 1. The molecule has 0 aliphatic heterocycles. The van der Waals surface area contributed by atoms with Crippen LogP contribution in [-0.2, 0) is 9.47 Å². The van der Waals surface area contributed by atoms with Crippen LogP contribution in [0.25, 0.3) is 0 Å². The van der Waals surface area contributed by atoms with Gasteiger partial charge < -0.3 is 14.4 Å². The van der Waals surface area contributed by atoms with Gasteiger partial charge in [-0.25, -0.2) is 10.8 Å². The Morgan fingerprint density at radius 2 is 1.85 bits per heavy atom. The lowest BCUT2D eigenvalue weighted by molar-refractivity contribution is 0.160. The van der Waals surface area contributed by atoms with E-state index >= 15 is 0 Å². The Morgan fingerprint density at radius 1 is 1.15 bits per heavy atom. The zero-order chi connectivity index (χ0) is 14.6. The molecule has 0 atom stereocenters. The van der Waals surface area contributed by atoms with Crippen LogP contribution in [0, 0.1) is 0 Å². The van der Waals surface area contributed by atoms with E-state index in [4.69, 9.17) is 15.3 Å². The van der Waals surface area contributed by atoms with Gasteiger partial charge >= 0.3 is 0 Å². The number of hydrogen-bond donors (Lipinski definition) is 2. The first kappa shape index (κ1) is 16.4. The van der Waals surface area contributed by atoms with Crippen molar-refractivity contribution in [3.8, 4) is 0 Å². The number of methoxy groups -OCH3 is 2. The predicted octanol–water partition coefficient (Wildman–Crippen LogP) is 1.12. The highest BCUT2D eigenvalue weighted by Crippen LogP contribution is 2.10. The molecule has 0 aromatic heterocycles. The maximum Gasteiger partial charge on any atom is 0.213 e. The highest BCUT2D eigenvalue weighted by Gasteiger charge is 2.10. The molecule has 1 aromatic carbocycles. The smallest absolute Gasteiger partial charge is 0.213 e. The topological polar surface area (TPSA) is 72.1 Å². The lowest BCUT2D eigenvalue weighted by Gasteiger charge is -2.25. The minimum atomic E-state index is 0.614. The molecule has 1 rings (SSSR count). The number of nitrogens with one attached hydrogen (secondary N) is 1. The van der Waals surface area contributed by atoms with Crippen LogP contribution >= 0.6 is 0 Å². The number of nitrogens with zero attached hydrogens (tertiary/aromatic N) is 2. The number of ether oxygens (including phenoxy) is 2. The third kappa shape index (κ3) is 6.01. The monoisotopic (exact) mass is 280 g/mol. The second-order valence-corrected chi connectivity index (χ2v) is 4.24. The molecule has 0 heterocycles. The first-order valence-corrected chi connectivity index (χ1v) is 6.65. The van der Waals surface area contributed by atoms with E-state index in [1.165, 1.54) is 0 Å². The van der Waals surface area contributed by atoms with E-state index in [0.717, 1.165) is 25.2 Å². The standard InChI is InChI=1S/C14H24N4O2/c1-19-11-6-9-18(10-12-20-2)14(17-15)16-13-7-4-3-5-8-13/h3-5,7-8H,6,9-12,15H2,1-2H3,(H,16,17). The van der Waals surface area contributed by atoms with Crippen molar-refractivity contribution in [1.29, 1.82) is 0 Å². The maximum atomic E-state index is 5.60. The lowest BCUT2D eigenvalue weighted by Crippen LogP contribution is -2.46. The van der Waals surface area contributed by atoms with Gasteiger partial charge in [0.2, 0.25) is 5.96 Å². The summed E-state index contributed by atoms with van der Waals surface area (Å²) in [7, 11) is 3.37. The van der Waals surface area contributed by atoms with E-state index in [0.29, 0.717) is 19.2 Å². The zero-order valence-electron chi connectivity index (χ0n) is 12.2. The Balaban J connectivity index is 2.75. The first-order valence-electron chi connectivity index (χ1n) is 6.65. The van der Waals surface area contributed by atoms with Crippen LogP contribution in [0.5, 0.6) is 0 Å². The summed E-state index contributed by atoms with van der Waals surface area (Å²) >= 11 is 0. The second kappa shape index (κ2) is 10.2. The van der Waals surface area contributed by atoms with Crippen LogP contribution in [0.15, 0.2) is 35.3 Å². The fourth-order valence-corrected chi connectivity index (χ4v) is 1.74. The van der Waals surface area contributed by atoms with Gasteiger partial charge in [0.15, 0.2) is 0 Å². The van der Waals surface area contributed by atoms with Gasteiger partial charge in [0.25, 0.3) is 0 Å². The summed E-state index contributed by atoms with van der Waals surface area (Å²) < 4.78 is 10.2. The van der Waals surface area contributed by atoms with Gasteiger partial charge in [-0.3, -0.25) is 5.43 Å². The summed E-state index contributed by atoms with van der Waals surface area (Å²) in [6, 6.07) is 9.70. The largest absolute Gasteiger partial charge is 0.385 e. The van der Waals surface area contributed by atoms with Gasteiger partial charge in [-0.1, -0.05) is 18.2 Å². The summed E-state index contributed by atoms with van der Waals surface area (Å²) in [5.74, 6) is 6.23. The molecule has 0 spiro atoms. The van der Waals surface area contributed by atoms with Crippen LogP contribution in [0.3, 0.4) is 0 Å². The Hall–Kier alpha value is -1.63. The number of hydrazine groups is 1. The minimum Gasteiger partial charge on any atom is -0.385 e. The quantitative estimate of drug-likeness (QED) is 0.245. The van der Waals surface area contributed by atoms with E-state index in [1.54, 1.807) is 14.2 Å². The van der Waals surface area contributed by atoms with E-state index in [-0.39, 0.29) is 0 Å². The number of hydrogen-bond acceptors (Lipinski definition) is 4. The van der Waals surface area contributed by atoms with Gasteiger partial charge in [0, 0.05) is 33.9 Å². The van der Waals surface area contributed by atoms with Crippen molar-refractivity contribution >= 4 is 11.6 Å². The molecule has 0 unspecified atom stereocenters. The Labute approximate surface area is 120 Å². The summed E-state index contributed by atoms with van der Waals surface area (Å²) in [6.45, 7) is 2.83. The Morgan fingerprint density at radius 3 is 2.45 bits per heavy atom. The molecule has 0 saturated heterocycles. The molecule has 0 aliphatic carbocycles. The predicted molar refractivity (Wildman–Crippen MR) is 80.8 cm³/mol. The first-order chi connectivity index (χ1) is 9.81. The molecule has 6 heteroatoms. The van der Waals surface area contributed by atoms with Crippen LogP contribution in [-0.4, -0.2) is 51.4 Å². The highest BCUT2D eigenvalue weighted by atomic mass is 16.5. The van der Waals surface area contributed by atoms with Gasteiger partial charge in [-0.2, -0.15) is 0 Å². The molecule has 0 radical (unpaired) electrons. The van der Waals surface area contributed by atoms with Crippen molar-refractivity contribution in [3.63, 3.8) is 0 Å². The molecule has 1 aromatic rings. The molecule has 6 nitrogen and oxygen atoms in total. The summed E-state index contributed by atoms with van der Waals surface area (Å²) in [6.07, 6.45) is 0.899. The normalized spacial score (nSPS) is 11.4. The molecular weight excluding hydrogens is 256 g/mol. The summed E-state index contributed by atoms with van der Waals surface area (Å²) in [5.41, 5.74) is 3.52. The van der Waals surface area contributed by atoms with Crippen molar-refractivity contribution in [1.82, 2.24) is 10.3 Å². The highest BCUT2D eigenvalue weighted by molar-refractivity contribution is 5.82. The number of benzene rings is 1. The average molecular weight is 280 g/mol. The summed E-state index contributed by atoms with van der Waals surface area (Å²) in [5, 5.41) is 0. The van der Waals surface area contributed by atoms with Crippen molar-refractivity contribution in [2.45, 2.75) is 6.42 Å². The van der Waals surface area contributed by atoms with Crippen LogP contribution in [0.1, 0.15) is 6.42 Å². The van der Waals surface area contributed by atoms with Crippen molar-refractivity contribution in [2.24, 2.45) is 10.8 Å². The molecule has 112 valence electrons. The molecule has 0 amide bonds. The van der Waals surface area contributed by atoms with Crippen LogP contribution < -0.4 is 11.3 Å². The van der Waals surface area contributed by atoms with E-state index in [2.05, 4.69) is 15.3 Å². The van der Waals surface area contributed by atoms with E-state index < -0.39 is 0 Å². The fourth-order valence-electron chi connectivity index (χ4n) is 1.74. The summed E-state index contributed by atoms with van der Waals surface area (Å²) in [4.78, 5) is 6.57. The average Bonchev–Trinajstić information content (AvgIpc) is 2.50. The van der Waals surface area contributed by atoms with Crippen molar-refractivity contribution in [3.05, 3.63) is 30.3 Å². The Bertz CT molecular complexity index is 384. The molecular formula is C14H24N4O2. The third-order valence-electron chi connectivity index (χ3n) is 2.76. The number of aliphatic imine (C=N–C) groups is 1. The van der Waals surface area contributed by atoms with E-state index in [9.17, 15) is 0 Å². The second-order valence-electron chi connectivity index (χ2n) is 4.24. The molecule has 0 fully saturated rings. The van der Waals surface area contributed by atoms with Gasteiger partial charge in [-0.05, 0) is 18.6 Å². The van der Waals surface area contributed by atoms with Gasteiger partial charge in [0.1, 0.15) is 0 Å². The Kier molecular flexibility index (Phi) is 8.37. The van der Waals surface area contributed by atoms with Crippen LogP contribution in [0.4, 0.5) is 5.69 Å². The lowest BCUT2D eigenvalue weighted by atomic mass is 10.3. The van der Waals surface area contributed by atoms with E-state index in [1.807, 2.05) is 30.3 Å². The zero-order valence-corrected chi connectivity index (χ0v) is 12.2. The number of para-hydroxylation sites is 1. The maximum absolute atomic E-state index is 5.60.